The van der Waals surface area contributed by atoms with E-state index in [1.54, 1.807) is 0 Å². The van der Waals surface area contributed by atoms with Crippen molar-refractivity contribution in [1.82, 2.24) is 4.98 Å². The maximum absolute atomic E-state index is 5.53. The van der Waals surface area contributed by atoms with Gasteiger partial charge in [0, 0.05) is 22.8 Å². The minimum absolute atomic E-state index is 0.631. The number of rotatable bonds is 3. The molecule has 0 unspecified atom stereocenters. The number of benzene rings is 1. The second-order valence-corrected chi connectivity index (χ2v) is 4.41. The van der Waals surface area contributed by atoms with Gasteiger partial charge in [0.1, 0.15) is 0 Å². The number of halogens is 1. The number of hydrogen-bond acceptors (Lipinski definition) is 2. The van der Waals surface area contributed by atoms with Crippen molar-refractivity contribution in [2.45, 2.75) is 6.42 Å². The molecule has 0 aliphatic rings. The Labute approximate surface area is 104 Å². The maximum Gasteiger partial charge on any atom is 0.0422 e. The van der Waals surface area contributed by atoms with Crippen molar-refractivity contribution in [3.8, 4) is 11.1 Å². The first-order valence-electron chi connectivity index (χ1n) is 5.21. The summed E-state index contributed by atoms with van der Waals surface area (Å²) in [6, 6.07) is 12.3. The van der Waals surface area contributed by atoms with Gasteiger partial charge in [-0.05, 0) is 35.9 Å². The molecule has 2 nitrogen and oxygen atoms in total. The molecule has 1 aromatic carbocycles. The van der Waals surface area contributed by atoms with Gasteiger partial charge in [-0.1, -0.05) is 34.1 Å². The van der Waals surface area contributed by atoms with Gasteiger partial charge in [0.15, 0.2) is 0 Å². The van der Waals surface area contributed by atoms with Crippen molar-refractivity contribution >= 4 is 15.9 Å². The molecule has 0 spiro atoms. The standard InChI is InChI=1S/C13H13BrN2/c14-13-4-2-1-3-12(13)10-6-8-16-11(9-10)5-7-15/h1-4,6,8-9H,5,7,15H2. The molecule has 0 radical (unpaired) electrons. The molecule has 2 aromatic rings. The third-order valence-corrected chi connectivity index (χ3v) is 3.09. The van der Waals surface area contributed by atoms with E-state index in [4.69, 9.17) is 5.73 Å². The molecular weight excluding hydrogens is 264 g/mol. The molecule has 0 fully saturated rings. The Morgan fingerprint density at radius 3 is 2.75 bits per heavy atom. The topological polar surface area (TPSA) is 38.9 Å². The lowest BCUT2D eigenvalue weighted by atomic mass is 10.1. The second-order valence-electron chi connectivity index (χ2n) is 3.55. The highest BCUT2D eigenvalue weighted by atomic mass is 79.9. The Balaban J connectivity index is 2.40. The van der Waals surface area contributed by atoms with E-state index >= 15 is 0 Å². The van der Waals surface area contributed by atoms with Gasteiger partial charge in [0.2, 0.25) is 0 Å². The lowest BCUT2D eigenvalue weighted by molar-refractivity contribution is 0.924. The summed E-state index contributed by atoms with van der Waals surface area (Å²) in [6.45, 7) is 0.631. The number of hydrogen-bond donors (Lipinski definition) is 1. The van der Waals surface area contributed by atoms with Crippen LogP contribution in [0.4, 0.5) is 0 Å². The van der Waals surface area contributed by atoms with E-state index in [-0.39, 0.29) is 0 Å². The molecule has 0 aliphatic carbocycles. The van der Waals surface area contributed by atoms with Crippen LogP contribution in [0, 0.1) is 0 Å². The van der Waals surface area contributed by atoms with Crippen LogP contribution >= 0.6 is 15.9 Å². The van der Waals surface area contributed by atoms with Gasteiger partial charge >= 0.3 is 0 Å². The van der Waals surface area contributed by atoms with Gasteiger partial charge < -0.3 is 5.73 Å². The summed E-state index contributed by atoms with van der Waals surface area (Å²) < 4.78 is 1.10. The predicted octanol–water partition coefficient (Wildman–Crippen LogP) is 3.01. The van der Waals surface area contributed by atoms with Crippen LogP contribution in [0.2, 0.25) is 0 Å². The zero-order chi connectivity index (χ0) is 11.4. The largest absolute Gasteiger partial charge is 0.330 e. The summed E-state index contributed by atoms with van der Waals surface area (Å²) in [5.41, 5.74) is 8.92. The van der Waals surface area contributed by atoms with Crippen molar-refractivity contribution in [3.63, 3.8) is 0 Å². The quantitative estimate of drug-likeness (QED) is 0.936. The summed E-state index contributed by atoms with van der Waals surface area (Å²) in [5, 5.41) is 0. The number of nitrogens with zero attached hydrogens (tertiary/aromatic N) is 1. The second kappa shape index (κ2) is 5.23. The van der Waals surface area contributed by atoms with E-state index in [0.29, 0.717) is 6.54 Å². The molecule has 3 heteroatoms. The van der Waals surface area contributed by atoms with Crippen molar-refractivity contribution in [2.24, 2.45) is 5.73 Å². The SMILES string of the molecule is NCCc1cc(-c2ccccc2Br)ccn1. The lowest BCUT2D eigenvalue weighted by Crippen LogP contribution is -2.04. The van der Waals surface area contributed by atoms with Crippen LogP contribution in [-0.2, 0) is 6.42 Å². The number of nitrogens with two attached hydrogens (primary N) is 1. The molecular formula is C13H13BrN2. The van der Waals surface area contributed by atoms with Gasteiger partial charge in [0.05, 0.1) is 0 Å². The summed E-state index contributed by atoms with van der Waals surface area (Å²) in [5.74, 6) is 0. The van der Waals surface area contributed by atoms with Crippen molar-refractivity contribution in [1.29, 1.82) is 0 Å². The average Bonchev–Trinajstić information content (AvgIpc) is 2.30. The Hall–Kier alpha value is -1.19. The Kier molecular flexibility index (Phi) is 3.70. The van der Waals surface area contributed by atoms with E-state index < -0.39 is 0 Å². The molecule has 0 aliphatic heterocycles. The monoisotopic (exact) mass is 276 g/mol. The molecule has 2 rings (SSSR count). The fraction of sp³-hybridized carbons (Fsp3) is 0.154. The van der Waals surface area contributed by atoms with Crippen molar-refractivity contribution in [2.75, 3.05) is 6.54 Å². The van der Waals surface area contributed by atoms with E-state index in [1.165, 1.54) is 11.1 Å². The van der Waals surface area contributed by atoms with Gasteiger partial charge in [-0.3, -0.25) is 4.98 Å². The molecule has 0 saturated carbocycles. The van der Waals surface area contributed by atoms with Gasteiger partial charge in [-0.15, -0.1) is 0 Å². The maximum atomic E-state index is 5.53. The fourth-order valence-corrected chi connectivity index (χ4v) is 2.14. The Morgan fingerprint density at radius 2 is 2.00 bits per heavy atom. The molecule has 0 saturated heterocycles. The number of aromatic nitrogens is 1. The van der Waals surface area contributed by atoms with Crippen LogP contribution in [0.15, 0.2) is 47.1 Å². The molecule has 2 N–H and O–H groups in total. The Bertz CT molecular complexity index is 483. The van der Waals surface area contributed by atoms with E-state index in [1.807, 2.05) is 30.5 Å². The highest BCUT2D eigenvalue weighted by Crippen LogP contribution is 2.27. The normalized spacial score (nSPS) is 10.4. The smallest absolute Gasteiger partial charge is 0.0422 e. The Morgan fingerprint density at radius 1 is 1.19 bits per heavy atom. The van der Waals surface area contributed by atoms with E-state index in [0.717, 1.165) is 16.6 Å². The van der Waals surface area contributed by atoms with E-state index in [9.17, 15) is 0 Å². The van der Waals surface area contributed by atoms with Crippen LogP contribution in [-0.4, -0.2) is 11.5 Å². The van der Waals surface area contributed by atoms with Crippen molar-refractivity contribution < 1.29 is 0 Å². The van der Waals surface area contributed by atoms with Gasteiger partial charge in [-0.25, -0.2) is 0 Å². The molecule has 16 heavy (non-hydrogen) atoms. The highest BCUT2D eigenvalue weighted by Gasteiger charge is 2.03. The van der Waals surface area contributed by atoms with Crippen molar-refractivity contribution in [3.05, 3.63) is 52.8 Å². The summed E-state index contributed by atoms with van der Waals surface area (Å²) in [7, 11) is 0. The van der Waals surface area contributed by atoms with Crippen LogP contribution < -0.4 is 5.73 Å². The molecule has 0 bridgehead atoms. The fourth-order valence-electron chi connectivity index (χ4n) is 1.63. The predicted molar refractivity (Wildman–Crippen MR) is 70.1 cm³/mol. The zero-order valence-electron chi connectivity index (χ0n) is 8.86. The molecule has 1 aromatic heterocycles. The van der Waals surface area contributed by atoms with Crippen LogP contribution in [0.3, 0.4) is 0 Å². The third-order valence-electron chi connectivity index (χ3n) is 2.40. The molecule has 0 amide bonds. The first-order chi connectivity index (χ1) is 7.81. The first kappa shape index (κ1) is 11.3. The lowest BCUT2D eigenvalue weighted by Gasteiger charge is -2.06. The van der Waals surface area contributed by atoms with Crippen LogP contribution in [0.1, 0.15) is 5.69 Å². The minimum atomic E-state index is 0.631. The summed E-state index contributed by atoms with van der Waals surface area (Å²) in [6.07, 6.45) is 2.65. The van der Waals surface area contributed by atoms with Gasteiger partial charge in [-0.2, -0.15) is 0 Å². The molecule has 0 atom stereocenters. The first-order valence-corrected chi connectivity index (χ1v) is 6.00. The van der Waals surface area contributed by atoms with Crippen LogP contribution in [0.25, 0.3) is 11.1 Å². The highest BCUT2D eigenvalue weighted by molar-refractivity contribution is 9.10. The van der Waals surface area contributed by atoms with Crippen LogP contribution in [0.5, 0.6) is 0 Å². The van der Waals surface area contributed by atoms with Gasteiger partial charge in [0.25, 0.3) is 0 Å². The molecule has 1 heterocycles. The van der Waals surface area contributed by atoms with E-state index in [2.05, 4.69) is 33.0 Å². The minimum Gasteiger partial charge on any atom is -0.330 e. The number of pyridine rings is 1. The summed E-state index contributed by atoms with van der Waals surface area (Å²) >= 11 is 3.55. The summed E-state index contributed by atoms with van der Waals surface area (Å²) in [4.78, 5) is 4.29. The third kappa shape index (κ3) is 2.49. The average molecular weight is 277 g/mol. The zero-order valence-corrected chi connectivity index (χ0v) is 10.4. The molecule has 82 valence electrons.